The minimum absolute atomic E-state index is 0.345. The van der Waals surface area contributed by atoms with Crippen molar-refractivity contribution in [3.8, 4) is 6.07 Å². The fourth-order valence-corrected chi connectivity index (χ4v) is 4.59. The van der Waals surface area contributed by atoms with Gasteiger partial charge >= 0.3 is 0 Å². The monoisotopic (exact) mass is 331 g/mol. The van der Waals surface area contributed by atoms with Gasteiger partial charge in [-0.3, -0.25) is 0 Å². The van der Waals surface area contributed by atoms with Crippen molar-refractivity contribution in [3.05, 3.63) is 56.2 Å². The number of benzene rings is 1. The van der Waals surface area contributed by atoms with Crippen LogP contribution in [-0.2, 0) is 18.3 Å². The lowest BCUT2D eigenvalue weighted by atomic mass is 9.69. The quantitative estimate of drug-likeness (QED) is 0.771. The molecule has 0 radical (unpaired) electrons. The normalized spacial score (nSPS) is 21.7. The Bertz CT molecular complexity index is 640. The first-order chi connectivity index (χ1) is 9.25. The van der Waals surface area contributed by atoms with E-state index in [0.717, 1.165) is 30.2 Å². The lowest BCUT2D eigenvalue weighted by Gasteiger charge is -2.33. The molecule has 3 heteroatoms. The van der Waals surface area contributed by atoms with Gasteiger partial charge in [0.1, 0.15) is 0 Å². The Morgan fingerprint density at radius 3 is 2.89 bits per heavy atom. The molecule has 96 valence electrons. The van der Waals surface area contributed by atoms with Crippen LogP contribution in [-0.4, -0.2) is 0 Å². The second-order valence-corrected chi connectivity index (χ2v) is 6.93. The predicted molar refractivity (Wildman–Crippen MR) is 82.4 cm³/mol. The van der Waals surface area contributed by atoms with E-state index in [2.05, 4.69) is 57.7 Å². The summed E-state index contributed by atoms with van der Waals surface area (Å²) in [4.78, 5) is 1.28. The molecule has 0 amide bonds. The van der Waals surface area contributed by atoms with Crippen LogP contribution in [0.2, 0.25) is 0 Å². The lowest BCUT2D eigenvalue weighted by molar-refractivity contribution is 0.452. The number of hydrogen-bond acceptors (Lipinski definition) is 2. The number of aryl methyl sites for hydroxylation is 1. The molecule has 0 saturated heterocycles. The maximum absolute atomic E-state index is 9.82. The predicted octanol–water partition coefficient (Wildman–Crippen LogP) is 4.85. The van der Waals surface area contributed by atoms with Crippen LogP contribution < -0.4 is 0 Å². The highest BCUT2D eigenvalue weighted by Crippen LogP contribution is 2.41. The van der Waals surface area contributed by atoms with E-state index in [9.17, 15) is 5.26 Å². The Labute approximate surface area is 126 Å². The molecule has 1 aliphatic carbocycles. The van der Waals surface area contributed by atoms with E-state index in [1.807, 2.05) is 0 Å². The van der Waals surface area contributed by atoms with Crippen LogP contribution in [0.3, 0.4) is 0 Å². The highest BCUT2D eigenvalue weighted by molar-refractivity contribution is 9.10. The van der Waals surface area contributed by atoms with Crippen LogP contribution in [0.15, 0.2) is 40.2 Å². The molecule has 1 aromatic heterocycles. The van der Waals surface area contributed by atoms with Gasteiger partial charge in [0.05, 0.1) is 11.5 Å². The molecule has 2 aromatic rings. The Balaban J connectivity index is 2.06. The van der Waals surface area contributed by atoms with Gasteiger partial charge in [-0.05, 0) is 57.8 Å². The Hall–Kier alpha value is -1.11. The number of nitriles is 1. The summed E-state index contributed by atoms with van der Waals surface area (Å²) in [5, 5.41) is 11.9. The molecule has 1 atom stereocenters. The van der Waals surface area contributed by atoms with Gasteiger partial charge in [0.15, 0.2) is 0 Å². The summed E-state index contributed by atoms with van der Waals surface area (Å²) in [6.07, 6.45) is 3.99. The van der Waals surface area contributed by atoms with E-state index in [1.165, 1.54) is 16.0 Å². The summed E-state index contributed by atoms with van der Waals surface area (Å²) in [6, 6.07) is 13.1. The van der Waals surface area contributed by atoms with Crippen LogP contribution in [0, 0.1) is 11.3 Å². The van der Waals surface area contributed by atoms with Gasteiger partial charge in [-0.2, -0.15) is 5.26 Å². The van der Waals surface area contributed by atoms with Crippen molar-refractivity contribution in [2.24, 2.45) is 0 Å². The van der Waals surface area contributed by atoms with Crippen LogP contribution in [0.25, 0.3) is 0 Å². The second kappa shape index (κ2) is 5.11. The number of fused-ring (bicyclic) bond motifs is 1. The average molecular weight is 332 g/mol. The number of halogens is 1. The molecule has 0 N–H and O–H groups in total. The summed E-state index contributed by atoms with van der Waals surface area (Å²) >= 11 is 5.32. The molecular weight excluding hydrogens is 318 g/mol. The van der Waals surface area contributed by atoms with Crippen molar-refractivity contribution in [3.63, 3.8) is 0 Å². The van der Waals surface area contributed by atoms with E-state index < -0.39 is 0 Å². The Kier molecular flexibility index (Phi) is 3.47. The molecule has 0 bridgehead atoms. The zero-order valence-electron chi connectivity index (χ0n) is 10.5. The SMILES string of the molecule is N#CC1(Cc2sccc2Br)CCCc2ccccc21. The zero-order chi connectivity index (χ0) is 13.3. The third-order valence-electron chi connectivity index (χ3n) is 3.95. The zero-order valence-corrected chi connectivity index (χ0v) is 12.9. The molecule has 1 nitrogen and oxygen atoms in total. The maximum atomic E-state index is 9.82. The first-order valence-corrected chi connectivity index (χ1v) is 8.14. The molecule has 1 aliphatic rings. The van der Waals surface area contributed by atoms with Gasteiger partial charge < -0.3 is 0 Å². The molecule has 1 heterocycles. The first-order valence-electron chi connectivity index (χ1n) is 6.47. The standard InChI is InChI=1S/C16H14BrNS/c17-14-7-9-19-15(14)10-16(11-18)8-3-5-12-4-1-2-6-13(12)16/h1-2,4,6-7,9H,3,5,8,10H2. The van der Waals surface area contributed by atoms with Gasteiger partial charge in [0.25, 0.3) is 0 Å². The number of thiophene rings is 1. The van der Waals surface area contributed by atoms with Crippen LogP contribution >= 0.6 is 27.3 Å². The summed E-state index contributed by atoms with van der Waals surface area (Å²) in [5.41, 5.74) is 2.24. The topological polar surface area (TPSA) is 23.8 Å². The van der Waals surface area contributed by atoms with Gasteiger partial charge in [0.2, 0.25) is 0 Å². The number of nitrogens with zero attached hydrogens (tertiary/aromatic N) is 1. The third-order valence-corrected chi connectivity index (χ3v) is 5.88. The Morgan fingerprint density at radius 2 is 2.16 bits per heavy atom. The van der Waals surface area contributed by atoms with E-state index in [4.69, 9.17) is 0 Å². The summed E-state index contributed by atoms with van der Waals surface area (Å²) in [7, 11) is 0. The molecule has 0 saturated carbocycles. The highest BCUT2D eigenvalue weighted by atomic mass is 79.9. The molecule has 1 aromatic carbocycles. The van der Waals surface area contributed by atoms with E-state index in [-0.39, 0.29) is 5.41 Å². The fourth-order valence-electron chi connectivity index (χ4n) is 2.99. The fraction of sp³-hybridized carbons (Fsp3) is 0.312. The lowest BCUT2D eigenvalue weighted by Crippen LogP contribution is -2.31. The maximum Gasteiger partial charge on any atom is 0.0873 e. The van der Waals surface area contributed by atoms with Crippen molar-refractivity contribution in [1.29, 1.82) is 5.26 Å². The Morgan fingerprint density at radius 1 is 1.32 bits per heavy atom. The molecule has 0 aliphatic heterocycles. The first kappa shape index (κ1) is 12.9. The van der Waals surface area contributed by atoms with Gasteiger partial charge in [0, 0.05) is 15.8 Å². The van der Waals surface area contributed by atoms with Crippen molar-refractivity contribution in [1.82, 2.24) is 0 Å². The van der Waals surface area contributed by atoms with Crippen molar-refractivity contribution >= 4 is 27.3 Å². The summed E-state index contributed by atoms with van der Waals surface area (Å²) in [6.45, 7) is 0. The largest absolute Gasteiger partial charge is 0.197 e. The highest BCUT2D eigenvalue weighted by Gasteiger charge is 2.37. The van der Waals surface area contributed by atoms with E-state index in [0.29, 0.717) is 0 Å². The smallest absolute Gasteiger partial charge is 0.0873 e. The van der Waals surface area contributed by atoms with Gasteiger partial charge in [-0.15, -0.1) is 11.3 Å². The van der Waals surface area contributed by atoms with E-state index >= 15 is 0 Å². The average Bonchev–Trinajstić information content (AvgIpc) is 2.84. The van der Waals surface area contributed by atoms with E-state index in [1.54, 1.807) is 11.3 Å². The molecule has 0 fully saturated rings. The number of rotatable bonds is 2. The minimum atomic E-state index is -0.345. The summed E-state index contributed by atoms with van der Waals surface area (Å²) < 4.78 is 1.13. The molecule has 3 rings (SSSR count). The molecule has 1 unspecified atom stereocenters. The second-order valence-electron chi connectivity index (χ2n) is 5.07. The van der Waals surface area contributed by atoms with Crippen molar-refractivity contribution < 1.29 is 0 Å². The van der Waals surface area contributed by atoms with Crippen LogP contribution in [0.5, 0.6) is 0 Å². The minimum Gasteiger partial charge on any atom is -0.197 e. The van der Waals surface area contributed by atoms with Crippen molar-refractivity contribution in [2.45, 2.75) is 31.1 Å². The molecule has 0 spiro atoms. The summed E-state index contributed by atoms with van der Waals surface area (Å²) in [5.74, 6) is 0. The molecular formula is C16H14BrNS. The number of hydrogen-bond donors (Lipinski definition) is 0. The molecule has 19 heavy (non-hydrogen) atoms. The van der Waals surface area contributed by atoms with Gasteiger partial charge in [-0.1, -0.05) is 24.3 Å². The van der Waals surface area contributed by atoms with Crippen molar-refractivity contribution in [2.75, 3.05) is 0 Å². The third kappa shape index (κ3) is 2.24. The van der Waals surface area contributed by atoms with Crippen LogP contribution in [0.1, 0.15) is 28.8 Å². The van der Waals surface area contributed by atoms with Gasteiger partial charge in [-0.25, -0.2) is 0 Å². The van der Waals surface area contributed by atoms with Crippen LogP contribution in [0.4, 0.5) is 0 Å².